The molecule has 0 spiro atoms. The average molecular weight is 540 g/mol. The van der Waals surface area contributed by atoms with E-state index in [9.17, 15) is 18.0 Å². The van der Waals surface area contributed by atoms with E-state index in [0.29, 0.717) is 56.2 Å². The predicted octanol–water partition coefficient (Wildman–Crippen LogP) is 4.18. The van der Waals surface area contributed by atoms with Gasteiger partial charge in [-0.3, -0.25) is 9.48 Å². The lowest BCUT2D eigenvalue weighted by Gasteiger charge is -2.43. The summed E-state index contributed by atoms with van der Waals surface area (Å²) in [5, 5.41) is 4.31. The van der Waals surface area contributed by atoms with E-state index in [0.717, 1.165) is 35.7 Å². The Morgan fingerprint density at radius 2 is 1.79 bits per heavy atom. The van der Waals surface area contributed by atoms with Crippen LogP contribution in [0.15, 0.2) is 36.8 Å². The molecule has 4 heterocycles. The minimum absolute atomic E-state index is 0.0134. The summed E-state index contributed by atoms with van der Waals surface area (Å²) in [5.41, 5.74) is 2.99. The summed E-state index contributed by atoms with van der Waals surface area (Å²) in [5.74, 6) is 1.28. The fraction of sp³-hybridized carbons (Fsp3) is 0.500. The van der Waals surface area contributed by atoms with Gasteiger partial charge < -0.3 is 14.7 Å². The number of carbonyl (C=O) groups is 1. The molecule has 8 nitrogen and oxygen atoms in total. The van der Waals surface area contributed by atoms with Gasteiger partial charge in [-0.2, -0.15) is 18.3 Å². The van der Waals surface area contributed by atoms with Crippen LogP contribution in [0.4, 0.5) is 24.5 Å². The first-order chi connectivity index (χ1) is 18.7. The van der Waals surface area contributed by atoms with E-state index in [1.54, 1.807) is 29.3 Å². The summed E-state index contributed by atoms with van der Waals surface area (Å²) < 4.78 is 43.6. The van der Waals surface area contributed by atoms with Gasteiger partial charge in [-0.1, -0.05) is 0 Å². The van der Waals surface area contributed by atoms with Crippen LogP contribution in [0.5, 0.6) is 0 Å². The van der Waals surface area contributed by atoms with Gasteiger partial charge in [0.25, 0.3) is 0 Å². The number of alkyl halides is 3. The van der Waals surface area contributed by atoms with Gasteiger partial charge in [-0.05, 0) is 62.4 Å². The summed E-state index contributed by atoms with van der Waals surface area (Å²) in [6.45, 7) is 6.45. The lowest BCUT2D eigenvalue weighted by atomic mass is 9.91. The zero-order valence-electron chi connectivity index (χ0n) is 22.2. The first-order valence-corrected chi connectivity index (χ1v) is 13.5. The summed E-state index contributed by atoms with van der Waals surface area (Å²) >= 11 is 0. The Hall–Kier alpha value is -3.63. The minimum Gasteiger partial charge on any atom is -0.367 e. The molecule has 1 aliphatic carbocycles. The number of aryl methyl sites for hydroxylation is 1. The Morgan fingerprint density at radius 1 is 1.03 bits per heavy atom. The molecular weight excluding hydrogens is 507 g/mol. The number of carbonyl (C=O) groups excluding carboxylic acids is 1. The van der Waals surface area contributed by atoms with Crippen molar-refractivity contribution in [1.82, 2.24) is 24.6 Å². The molecule has 1 atom stereocenters. The molecule has 3 aliphatic rings. The van der Waals surface area contributed by atoms with Gasteiger partial charge in [-0.15, -0.1) is 0 Å². The van der Waals surface area contributed by atoms with Gasteiger partial charge in [0, 0.05) is 56.6 Å². The second-order valence-electron chi connectivity index (χ2n) is 10.9. The third-order valence-corrected chi connectivity index (χ3v) is 8.02. The molecular formula is C28H32F3N7O. The van der Waals surface area contributed by atoms with Gasteiger partial charge >= 0.3 is 6.18 Å². The SMILES string of the molecule is Cc1ccn(CC(=O)N2CCN(c3ccc(C(F)(F)F)c4c3CN(c3cnc(C5CC5)nc3)CC4)C[C@H]2C)n1. The summed E-state index contributed by atoms with van der Waals surface area (Å²) in [7, 11) is 0. The topological polar surface area (TPSA) is 70.4 Å². The molecule has 0 radical (unpaired) electrons. The van der Waals surface area contributed by atoms with Gasteiger partial charge in [0.05, 0.1) is 29.3 Å². The molecule has 11 heteroatoms. The molecule has 6 rings (SSSR count). The van der Waals surface area contributed by atoms with E-state index >= 15 is 0 Å². The average Bonchev–Trinajstić information content (AvgIpc) is 3.68. The number of hydrogen-bond acceptors (Lipinski definition) is 6. The third-order valence-electron chi connectivity index (χ3n) is 8.02. The van der Waals surface area contributed by atoms with Crippen molar-refractivity contribution in [2.45, 2.75) is 64.3 Å². The maximum absolute atomic E-state index is 14.0. The largest absolute Gasteiger partial charge is 0.416 e. The highest BCUT2D eigenvalue weighted by molar-refractivity contribution is 5.77. The van der Waals surface area contributed by atoms with E-state index < -0.39 is 11.7 Å². The van der Waals surface area contributed by atoms with Crippen LogP contribution in [0.1, 0.15) is 53.9 Å². The zero-order chi connectivity index (χ0) is 27.3. The molecule has 0 bridgehead atoms. The lowest BCUT2D eigenvalue weighted by molar-refractivity contribution is -0.138. The highest BCUT2D eigenvalue weighted by atomic mass is 19.4. The molecule has 39 heavy (non-hydrogen) atoms. The molecule has 2 aromatic heterocycles. The molecule has 0 unspecified atom stereocenters. The number of piperazine rings is 1. The number of halogens is 3. The van der Waals surface area contributed by atoms with Crippen LogP contribution in [-0.4, -0.2) is 62.8 Å². The van der Waals surface area contributed by atoms with Crippen molar-refractivity contribution in [2.75, 3.05) is 36.0 Å². The fourth-order valence-electron chi connectivity index (χ4n) is 5.82. The van der Waals surface area contributed by atoms with Gasteiger partial charge in [0.1, 0.15) is 12.4 Å². The van der Waals surface area contributed by atoms with Crippen molar-refractivity contribution in [2.24, 2.45) is 0 Å². The smallest absolute Gasteiger partial charge is 0.367 e. The number of rotatable bonds is 5. The normalized spacial score (nSPS) is 19.8. The van der Waals surface area contributed by atoms with Crippen LogP contribution < -0.4 is 9.80 Å². The van der Waals surface area contributed by atoms with Crippen LogP contribution in [0.2, 0.25) is 0 Å². The Morgan fingerprint density at radius 3 is 2.44 bits per heavy atom. The monoisotopic (exact) mass is 539 g/mol. The predicted molar refractivity (Wildman–Crippen MR) is 141 cm³/mol. The molecule has 1 aromatic carbocycles. The standard InChI is InChI=1S/C28H32F3N7O/c1-18-7-10-37(34-18)17-26(39)38-12-11-36(15-19(38)2)25-6-5-24(28(29,30)31)22-8-9-35(16-23(22)25)21-13-32-27(33-14-21)20-3-4-20/h5-7,10,13-14,19-20H,3-4,8-9,11-12,15-17H2,1-2H3/t19-/m1/s1. The first kappa shape index (κ1) is 25.6. The number of hydrogen-bond donors (Lipinski definition) is 0. The molecule has 1 saturated heterocycles. The highest BCUT2D eigenvalue weighted by Crippen LogP contribution is 2.41. The van der Waals surface area contributed by atoms with Crippen molar-refractivity contribution < 1.29 is 18.0 Å². The van der Waals surface area contributed by atoms with Crippen LogP contribution >= 0.6 is 0 Å². The van der Waals surface area contributed by atoms with Gasteiger partial charge in [0.2, 0.25) is 5.91 Å². The van der Waals surface area contributed by atoms with Crippen molar-refractivity contribution in [1.29, 1.82) is 0 Å². The number of aromatic nitrogens is 4. The molecule has 2 fully saturated rings. The van der Waals surface area contributed by atoms with E-state index in [4.69, 9.17) is 0 Å². The van der Waals surface area contributed by atoms with Gasteiger partial charge in [-0.25, -0.2) is 9.97 Å². The second kappa shape index (κ2) is 9.84. The van der Waals surface area contributed by atoms with Crippen molar-refractivity contribution in [3.05, 3.63) is 65.0 Å². The van der Waals surface area contributed by atoms with E-state index in [-0.39, 0.29) is 18.5 Å². The molecule has 1 amide bonds. The molecule has 3 aromatic rings. The van der Waals surface area contributed by atoms with Gasteiger partial charge in [0.15, 0.2) is 0 Å². The first-order valence-electron chi connectivity index (χ1n) is 13.5. The number of fused-ring (bicyclic) bond motifs is 1. The summed E-state index contributed by atoms with van der Waals surface area (Å²) in [6.07, 6.45) is 3.49. The van der Waals surface area contributed by atoms with E-state index in [2.05, 4.69) is 24.9 Å². The van der Waals surface area contributed by atoms with Crippen LogP contribution in [0.25, 0.3) is 0 Å². The summed E-state index contributed by atoms with van der Waals surface area (Å²) in [6, 6.07) is 4.59. The molecule has 0 N–H and O–H groups in total. The van der Waals surface area contributed by atoms with Crippen molar-refractivity contribution >= 4 is 17.3 Å². The number of benzene rings is 1. The van der Waals surface area contributed by atoms with Crippen LogP contribution in [0, 0.1) is 6.92 Å². The lowest BCUT2D eigenvalue weighted by Crippen LogP contribution is -2.55. The fourth-order valence-corrected chi connectivity index (χ4v) is 5.82. The summed E-state index contributed by atoms with van der Waals surface area (Å²) in [4.78, 5) is 28.1. The number of amides is 1. The van der Waals surface area contributed by atoms with Crippen molar-refractivity contribution in [3.63, 3.8) is 0 Å². The minimum atomic E-state index is -4.41. The number of anilines is 2. The van der Waals surface area contributed by atoms with Crippen LogP contribution in [-0.2, 0) is 30.5 Å². The Bertz CT molecular complexity index is 1370. The van der Waals surface area contributed by atoms with Crippen molar-refractivity contribution in [3.8, 4) is 0 Å². The van der Waals surface area contributed by atoms with E-state index in [1.165, 1.54) is 6.07 Å². The highest BCUT2D eigenvalue weighted by Gasteiger charge is 2.38. The molecule has 206 valence electrons. The zero-order valence-corrected chi connectivity index (χ0v) is 22.2. The molecule has 1 saturated carbocycles. The Balaban J connectivity index is 1.24. The number of nitrogens with zero attached hydrogens (tertiary/aromatic N) is 7. The third kappa shape index (κ3) is 5.18. The maximum atomic E-state index is 14.0. The molecule has 2 aliphatic heterocycles. The second-order valence-corrected chi connectivity index (χ2v) is 10.9. The maximum Gasteiger partial charge on any atom is 0.416 e. The van der Waals surface area contributed by atoms with E-state index in [1.807, 2.05) is 24.8 Å². The Kier molecular flexibility index (Phi) is 6.47. The quantitative estimate of drug-likeness (QED) is 0.485. The van der Waals surface area contributed by atoms with Crippen LogP contribution in [0.3, 0.4) is 0 Å². The Labute approximate surface area is 225 Å².